The quantitative estimate of drug-likeness (QED) is 0.463. The lowest BCUT2D eigenvalue weighted by molar-refractivity contribution is 0.0977. The van der Waals surface area contributed by atoms with E-state index < -0.39 is 0 Å². The highest BCUT2D eigenvalue weighted by Crippen LogP contribution is 2.17. The molecule has 0 saturated heterocycles. The van der Waals surface area contributed by atoms with E-state index in [1.807, 2.05) is 43.8 Å². The van der Waals surface area contributed by atoms with E-state index in [2.05, 4.69) is 33.7 Å². The predicted octanol–water partition coefficient (Wildman–Crippen LogP) is 4.65. The Balaban J connectivity index is 1.89. The lowest BCUT2D eigenvalue weighted by Crippen LogP contribution is -2.36. The number of guanidine groups is 1. The molecule has 6 nitrogen and oxygen atoms in total. The summed E-state index contributed by atoms with van der Waals surface area (Å²) in [6.45, 7) is 6.47. The van der Waals surface area contributed by atoms with Crippen LogP contribution in [0.4, 0.5) is 5.69 Å². The van der Waals surface area contributed by atoms with Crippen molar-refractivity contribution in [3.63, 3.8) is 0 Å². The molecule has 2 N–H and O–H groups in total. The van der Waals surface area contributed by atoms with Crippen LogP contribution in [0.5, 0.6) is 0 Å². The number of carbonyl (C=O) groups excluding carboxylic acids is 1. The smallest absolute Gasteiger partial charge is 0.257 e. The van der Waals surface area contributed by atoms with Crippen molar-refractivity contribution < 1.29 is 4.79 Å². The summed E-state index contributed by atoms with van der Waals surface area (Å²) in [6.07, 6.45) is 0.863. The Hall–Kier alpha value is -3.12. The molecular weight excluding hydrogens is 398 g/mol. The van der Waals surface area contributed by atoms with Crippen LogP contribution in [0, 0.1) is 13.8 Å². The Morgan fingerprint density at radius 1 is 1.13 bits per heavy atom. The van der Waals surface area contributed by atoms with E-state index in [1.54, 1.807) is 24.3 Å². The zero-order chi connectivity index (χ0) is 21.7. The second kappa shape index (κ2) is 9.59. The second-order valence-corrected chi connectivity index (χ2v) is 7.47. The minimum Gasteiger partial charge on any atom is -0.326 e. The van der Waals surface area contributed by atoms with Gasteiger partial charge in [0, 0.05) is 34.6 Å². The van der Waals surface area contributed by atoms with Crippen LogP contribution in [0.25, 0.3) is 0 Å². The maximum absolute atomic E-state index is 12.8. The van der Waals surface area contributed by atoms with Gasteiger partial charge in [0.25, 0.3) is 5.91 Å². The van der Waals surface area contributed by atoms with Gasteiger partial charge in [0.2, 0.25) is 5.96 Å². The molecule has 7 heteroatoms. The maximum atomic E-state index is 12.8. The zero-order valence-corrected chi connectivity index (χ0v) is 18.4. The summed E-state index contributed by atoms with van der Waals surface area (Å²) in [4.78, 5) is 17.4. The molecule has 3 aromatic rings. The van der Waals surface area contributed by atoms with E-state index in [1.165, 1.54) is 0 Å². The van der Waals surface area contributed by atoms with Gasteiger partial charge in [-0.15, -0.1) is 0 Å². The molecule has 1 amide bonds. The van der Waals surface area contributed by atoms with Crippen molar-refractivity contribution in [2.75, 3.05) is 5.32 Å². The minimum absolute atomic E-state index is 0.258. The van der Waals surface area contributed by atoms with Gasteiger partial charge in [-0.25, -0.2) is 4.99 Å². The molecule has 0 radical (unpaired) electrons. The van der Waals surface area contributed by atoms with Crippen molar-refractivity contribution >= 4 is 29.2 Å². The lowest BCUT2D eigenvalue weighted by atomic mass is 10.1. The molecule has 0 spiro atoms. The number of para-hydroxylation sites is 1. The fraction of sp³-hybridized carbons (Fsp3) is 0.261. The third kappa shape index (κ3) is 5.07. The highest BCUT2D eigenvalue weighted by Gasteiger charge is 2.13. The summed E-state index contributed by atoms with van der Waals surface area (Å²) < 4.78 is 1.84. The zero-order valence-electron chi connectivity index (χ0n) is 17.7. The number of hydrogen-bond donors (Lipinski definition) is 2. The topological polar surface area (TPSA) is 71.3 Å². The summed E-state index contributed by atoms with van der Waals surface area (Å²) in [6, 6.07) is 14.7. The third-order valence-corrected chi connectivity index (χ3v) is 5.30. The number of rotatable bonds is 5. The second-order valence-electron chi connectivity index (χ2n) is 7.03. The first-order chi connectivity index (χ1) is 14.4. The Labute approximate surface area is 182 Å². The van der Waals surface area contributed by atoms with E-state index in [0.717, 1.165) is 34.6 Å². The number of nitrogens with zero attached hydrogens (tertiary/aromatic N) is 3. The van der Waals surface area contributed by atoms with Gasteiger partial charge in [0.05, 0.1) is 12.2 Å². The molecule has 0 fully saturated rings. The summed E-state index contributed by atoms with van der Waals surface area (Å²) in [5.74, 6) is 0.130. The summed E-state index contributed by atoms with van der Waals surface area (Å²) in [5, 5.41) is 11.2. The Morgan fingerprint density at radius 3 is 2.47 bits per heavy atom. The van der Waals surface area contributed by atoms with Crippen molar-refractivity contribution in [2.24, 2.45) is 12.0 Å². The van der Waals surface area contributed by atoms with Gasteiger partial charge in [0.15, 0.2) is 0 Å². The molecule has 1 aromatic heterocycles. The maximum Gasteiger partial charge on any atom is 0.257 e. The van der Waals surface area contributed by atoms with Crippen LogP contribution < -0.4 is 10.6 Å². The van der Waals surface area contributed by atoms with Crippen LogP contribution in [0.2, 0.25) is 5.02 Å². The SMILES string of the molecule is CCc1ccccc1NC(=NCc1c(C)nn(C)c1C)NC(=O)c1ccc(Cl)cc1. The Bertz CT molecular complexity index is 1070. The normalized spacial score (nSPS) is 11.4. The number of nitrogens with one attached hydrogen (secondary N) is 2. The molecule has 0 unspecified atom stereocenters. The van der Waals surface area contributed by atoms with Gasteiger partial charge in [-0.3, -0.25) is 14.8 Å². The Morgan fingerprint density at radius 2 is 1.83 bits per heavy atom. The fourth-order valence-corrected chi connectivity index (χ4v) is 3.30. The van der Waals surface area contributed by atoms with Crippen LogP contribution in [-0.4, -0.2) is 21.6 Å². The number of anilines is 1. The molecule has 0 aliphatic heterocycles. The number of aryl methyl sites for hydroxylation is 3. The summed E-state index contributed by atoms with van der Waals surface area (Å²) in [5.41, 5.74) is 5.58. The van der Waals surface area contributed by atoms with Crippen molar-refractivity contribution in [3.05, 3.63) is 81.6 Å². The minimum atomic E-state index is -0.258. The number of aliphatic imine (C=N–C) groups is 1. The van der Waals surface area contributed by atoms with Gasteiger partial charge in [-0.1, -0.05) is 36.7 Å². The first kappa shape index (κ1) is 21.6. The van der Waals surface area contributed by atoms with Gasteiger partial charge < -0.3 is 5.32 Å². The number of hydrogen-bond acceptors (Lipinski definition) is 3. The van der Waals surface area contributed by atoms with Gasteiger partial charge >= 0.3 is 0 Å². The molecule has 0 bridgehead atoms. The molecule has 3 rings (SSSR count). The van der Waals surface area contributed by atoms with Crippen LogP contribution in [0.3, 0.4) is 0 Å². The average molecular weight is 424 g/mol. The van der Waals surface area contributed by atoms with Crippen LogP contribution >= 0.6 is 11.6 Å². The molecular formula is C23H26ClN5O. The van der Waals surface area contributed by atoms with E-state index in [0.29, 0.717) is 23.1 Å². The molecule has 0 atom stereocenters. The van der Waals surface area contributed by atoms with Gasteiger partial charge in [-0.2, -0.15) is 5.10 Å². The molecule has 0 aliphatic rings. The molecule has 2 aromatic carbocycles. The summed E-state index contributed by atoms with van der Waals surface area (Å²) >= 11 is 5.94. The van der Waals surface area contributed by atoms with Gasteiger partial charge in [0.1, 0.15) is 0 Å². The van der Waals surface area contributed by atoms with E-state index >= 15 is 0 Å². The first-order valence-corrected chi connectivity index (χ1v) is 10.2. The summed E-state index contributed by atoms with van der Waals surface area (Å²) in [7, 11) is 1.91. The molecule has 1 heterocycles. The van der Waals surface area contributed by atoms with Crippen molar-refractivity contribution in [1.29, 1.82) is 0 Å². The first-order valence-electron chi connectivity index (χ1n) is 9.84. The number of carbonyl (C=O) groups is 1. The monoisotopic (exact) mass is 423 g/mol. The predicted molar refractivity (Wildman–Crippen MR) is 122 cm³/mol. The van der Waals surface area contributed by atoms with E-state index in [-0.39, 0.29) is 5.91 Å². The molecule has 156 valence electrons. The number of aromatic nitrogens is 2. The van der Waals surface area contributed by atoms with Gasteiger partial charge in [-0.05, 0) is 56.2 Å². The van der Waals surface area contributed by atoms with Crippen molar-refractivity contribution in [1.82, 2.24) is 15.1 Å². The van der Waals surface area contributed by atoms with Crippen LogP contribution in [0.1, 0.15) is 39.8 Å². The molecule has 0 aliphatic carbocycles. The standard InChI is InChI=1S/C23H26ClN5O/c1-5-17-8-6-7-9-21(17)26-23(25-14-20-15(2)28-29(4)16(20)3)27-22(30)18-10-12-19(24)13-11-18/h6-13H,5,14H2,1-4H3,(H2,25,26,27,30). The van der Waals surface area contributed by atoms with Crippen molar-refractivity contribution in [3.8, 4) is 0 Å². The average Bonchev–Trinajstić information content (AvgIpc) is 2.98. The Kier molecular flexibility index (Phi) is 6.90. The third-order valence-electron chi connectivity index (χ3n) is 5.04. The number of halogens is 1. The van der Waals surface area contributed by atoms with Crippen molar-refractivity contribution in [2.45, 2.75) is 33.7 Å². The van der Waals surface area contributed by atoms with E-state index in [9.17, 15) is 4.79 Å². The fourth-order valence-electron chi connectivity index (χ4n) is 3.17. The highest BCUT2D eigenvalue weighted by atomic mass is 35.5. The lowest BCUT2D eigenvalue weighted by Gasteiger charge is -2.14. The molecule has 30 heavy (non-hydrogen) atoms. The molecule has 0 saturated carbocycles. The van der Waals surface area contributed by atoms with E-state index in [4.69, 9.17) is 11.6 Å². The number of benzene rings is 2. The van der Waals surface area contributed by atoms with Crippen LogP contribution in [-0.2, 0) is 20.0 Å². The van der Waals surface area contributed by atoms with Crippen LogP contribution in [0.15, 0.2) is 53.5 Å². The highest BCUT2D eigenvalue weighted by molar-refractivity contribution is 6.30. The largest absolute Gasteiger partial charge is 0.326 e. The number of amides is 1.